The molecule has 0 bridgehead atoms. The van der Waals surface area contributed by atoms with Crippen molar-refractivity contribution < 1.29 is 27.8 Å². The molecule has 2 aromatic rings. The van der Waals surface area contributed by atoms with Crippen molar-refractivity contribution >= 4 is 6.47 Å². The molecule has 0 aliphatic carbocycles. The molecule has 0 aliphatic heterocycles. The van der Waals surface area contributed by atoms with Crippen molar-refractivity contribution in [1.82, 2.24) is 0 Å². The Balaban J connectivity index is 1.78. The van der Waals surface area contributed by atoms with E-state index in [0.29, 0.717) is 37.6 Å². The molecule has 6 heteroatoms. The third-order valence-electron chi connectivity index (χ3n) is 5.46. The van der Waals surface area contributed by atoms with Gasteiger partial charge in [0.05, 0.1) is 19.8 Å². The quantitative estimate of drug-likeness (QED) is 0.170. The van der Waals surface area contributed by atoms with Gasteiger partial charge in [0.1, 0.15) is 5.75 Å². The predicted octanol–water partition coefficient (Wildman–Crippen LogP) is 7.48. The standard InChI is InChI=1S/C27H36F2O4/c1-2-3-4-5-6-11-20-33-25-17-16-24(26(28)27(25)29)22-12-14-23(15-13-22)32-19-10-8-7-9-18-31-21-30/h12-17,21H,2-11,18-20H2,1H3. The van der Waals surface area contributed by atoms with Crippen molar-refractivity contribution in [3.05, 3.63) is 48.0 Å². The summed E-state index contributed by atoms with van der Waals surface area (Å²) in [7, 11) is 0. The summed E-state index contributed by atoms with van der Waals surface area (Å²) < 4.78 is 45.0. The van der Waals surface area contributed by atoms with Gasteiger partial charge in [-0.25, -0.2) is 4.39 Å². The maximum atomic E-state index is 14.6. The topological polar surface area (TPSA) is 44.8 Å². The van der Waals surface area contributed by atoms with Gasteiger partial charge < -0.3 is 14.2 Å². The largest absolute Gasteiger partial charge is 0.494 e. The first kappa shape index (κ1) is 26.6. The second-order valence-electron chi connectivity index (χ2n) is 8.11. The number of rotatable bonds is 18. The van der Waals surface area contributed by atoms with Gasteiger partial charge in [-0.3, -0.25) is 4.79 Å². The van der Waals surface area contributed by atoms with Crippen LogP contribution >= 0.6 is 0 Å². The molecule has 182 valence electrons. The van der Waals surface area contributed by atoms with Crippen LogP contribution in [0.1, 0.15) is 71.1 Å². The van der Waals surface area contributed by atoms with Crippen LogP contribution in [-0.4, -0.2) is 26.3 Å². The molecule has 4 nitrogen and oxygen atoms in total. The molecule has 0 aromatic heterocycles. The van der Waals surface area contributed by atoms with Gasteiger partial charge in [0.2, 0.25) is 5.82 Å². The van der Waals surface area contributed by atoms with Crippen LogP contribution in [-0.2, 0) is 9.53 Å². The van der Waals surface area contributed by atoms with Gasteiger partial charge in [-0.15, -0.1) is 0 Å². The highest BCUT2D eigenvalue weighted by Gasteiger charge is 2.16. The van der Waals surface area contributed by atoms with E-state index < -0.39 is 11.6 Å². The lowest BCUT2D eigenvalue weighted by Gasteiger charge is -2.11. The molecule has 0 fully saturated rings. The monoisotopic (exact) mass is 462 g/mol. The van der Waals surface area contributed by atoms with Gasteiger partial charge in [0, 0.05) is 5.56 Å². The number of halogens is 2. The highest BCUT2D eigenvalue weighted by molar-refractivity contribution is 5.66. The average Bonchev–Trinajstić information content (AvgIpc) is 2.83. The Kier molecular flexibility index (Phi) is 13.0. The van der Waals surface area contributed by atoms with E-state index in [9.17, 15) is 13.6 Å². The Hall–Kier alpha value is -2.63. The Labute approximate surface area is 196 Å². The Bertz CT molecular complexity index is 809. The minimum absolute atomic E-state index is 0.0394. The first-order chi connectivity index (χ1) is 16.2. The maximum absolute atomic E-state index is 14.6. The Morgan fingerprint density at radius 3 is 1.97 bits per heavy atom. The van der Waals surface area contributed by atoms with Crippen LogP contribution < -0.4 is 9.47 Å². The summed E-state index contributed by atoms with van der Waals surface area (Å²) in [6, 6.07) is 10.0. The van der Waals surface area contributed by atoms with Gasteiger partial charge in [0.25, 0.3) is 6.47 Å². The molecule has 0 N–H and O–H groups in total. The van der Waals surface area contributed by atoms with E-state index in [1.54, 1.807) is 30.3 Å². The van der Waals surface area contributed by atoms with E-state index in [2.05, 4.69) is 11.7 Å². The summed E-state index contributed by atoms with van der Waals surface area (Å²) in [5.41, 5.74) is 0.778. The fourth-order valence-electron chi connectivity index (χ4n) is 3.54. The highest BCUT2D eigenvalue weighted by Crippen LogP contribution is 2.31. The molecule has 0 unspecified atom stereocenters. The fraction of sp³-hybridized carbons (Fsp3) is 0.519. The van der Waals surface area contributed by atoms with Gasteiger partial charge in [0.15, 0.2) is 11.6 Å². The molecule has 0 heterocycles. The second kappa shape index (κ2) is 16.1. The van der Waals surface area contributed by atoms with Crippen molar-refractivity contribution in [2.45, 2.75) is 71.1 Å². The average molecular weight is 463 g/mol. The lowest BCUT2D eigenvalue weighted by atomic mass is 10.0. The zero-order valence-electron chi connectivity index (χ0n) is 19.6. The summed E-state index contributed by atoms with van der Waals surface area (Å²) in [6.45, 7) is 4.05. The summed E-state index contributed by atoms with van der Waals surface area (Å²) >= 11 is 0. The molecule has 0 radical (unpaired) electrons. The van der Waals surface area contributed by atoms with E-state index in [1.807, 2.05) is 0 Å². The molecule has 0 amide bonds. The SMILES string of the molecule is CCCCCCCCOc1ccc(-c2ccc(OCCCCCCOC=O)cc2)c(F)c1F. The fourth-order valence-corrected chi connectivity index (χ4v) is 3.54. The second-order valence-corrected chi connectivity index (χ2v) is 8.11. The van der Waals surface area contributed by atoms with Crippen molar-refractivity contribution in [3.63, 3.8) is 0 Å². The van der Waals surface area contributed by atoms with Crippen LogP contribution in [0.3, 0.4) is 0 Å². The molecule has 33 heavy (non-hydrogen) atoms. The van der Waals surface area contributed by atoms with E-state index in [-0.39, 0.29) is 11.3 Å². The van der Waals surface area contributed by atoms with E-state index in [1.165, 1.54) is 25.3 Å². The summed E-state index contributed by atoms with van der Waals surface area (Å²) in [5.74, 6) is -1.20. The Morgan fingerprint density at radius 1 is 0.697 bits per heavy atom. The van der Waals surface area contributed by atoms with Crippen LogP contribution in [0.25, 0.3) is 11.1 Å². The Morgan fingerprint density at radius 2 is 1.30 bits per heavy atom. The predicted molar refractivity (Wildman–Crippen MR) is 127 cm³/mol. The minimum atomic E-state index is -0.947. The number of carbonyl (C=O) groups is 1. The van der Waals surface area contributed by atoms with Crippen LogP contribution in [0.4, 0.5) is 8.78 Å². The van der Waals surface area contributed by atoms with Gasteiger partial charge in [-0.05, 0) is 61.9 Å². The van der Waals surface area contributed by atoms with Crippen LogP contribution in [0.2, 0.25) is 0 Å². The number of benzene rings is 2. The summed E-state index contributed by atoms with van der Waals surface area (Å²) in [4.78, 5) is 10.1. The van der Waals surface area contributed by atoms with Crippen molar-refractivity contribution in [2.75, 3.05) is 19.8 Å². The zero-order valence-corrected chi connectivity index (χ0v) is 19.6. The van der Waals surface area contributed by atoms with Gasteiger partial charge in [-0.1, -0.05) is 51.2 Å². The normalized spacial score (nSPS) is 10.8. The van der Waals surface area contributed by atoms with Gasteiger partial charge >= 0.3 is 0 Å². The first-order valence-electron chi connectivity index (χ1n) is 12.1. The van der Waals surface area contributed by atoms with E-state index in [4.69, 9.17) is 9.47 Å². The number of carbonyl (C=O) groups excluding carboxylic acids is 1. The van der Waals surface area contributed by atoms with Crippen LogP contribution in [0, 0.1) is 11.6 Å². The third kappa shape index (κ3) is 9.80. The maximum Gasteiger partial charge on any atom is 0.293 e. The number of hydrogen-bond acceptors (Lipinski definition) is 4. The van der Waals surface area contributed by atoms with Crippen molar-refractivity contribution in [1.29, 1.82) is 0 Å². The van der Waals surface area contributed by atoms with Crippen molar-refractivity contribution in [2.24, 2.45) is 0 Å². The summed E-state index contributed by atoms with van der Waals surface area (Å²) in [5, 5.41) is 0. The molecule has 0 spiro atoms. The minimum Gasteiger partial charge on any atom is -0.494 e. The smallest absolute Gasteiger partial charge is 0.293 e. The first-order valence-corrected chi connectivity index (χ1v) is 12.1. The number of ether oxygens (including phenoxy) is 3. The molecule has 0 saturated carbocycles. The highest BCUT2D eigenvalue weighted by atomic mass is 19.2. The van der Waals surface area contributed by atoms with E-state index >= 15 is 0 Å². The number of unbranched alkanes of at least 4 members (excludes halogenated alkanes) is 8. The molecule has 0 aliphatic rings. The van der Waals surface area contributed by atoms with E-state index in [0.717, 1.165) is 44.9 Å². The lowest BCUT2D eigenvalue weighted by molar-refractivity contribution is -0.128. The molecule has 2 rings (SSSR count). The van der Waals surface area contributed by atoms with Gasteiger partial charge in [-0.2, -0.15) is 4.39 Å². The van der Waals surface area contributed by atoms with Crippen molar-refractivity contribution in [3.8, 4) is 22.6 Å². The summed E-state index contributed by atoms with van der Waals surface area (Å²) in [6.07, 6.45) is 10.3. The lowest BCUT2D eigenvalue weighted by Crippen LogP contribution is -2.02. The number of hydrogen-bond donors (Lipinski definition) is 0. The molecule has 0 atom stereocenters. The van der Waals surface area contributed by atoms with Crippen LogP contribution in [0.5, 0.6) is 11.5 Å². The molecule has 0 saturated heterocycles. The molecular formula is C27H36F2O4. The molecule has 2 aromatic carbocycles. The molecular weight excluding hydrogens is 426 g/mol. The third-order valence-corrected chi connectivity index (χ3v) is 5.46. The van der Waals surface area contributed by atoms with Crippen LogP contribution in [0.15, 0.2) is 36.4 Å². The zero-order chi connectivity index (χ0) is 23.7.